The molecule has 0 aliphatic heterocycles. The van der Waals surface area contributed by atoms with E-state index in [0.29, 0.717) is 6.61 Å². The number of hydrogen-bond acceptors (Lipinski definition) is 4. The van der Waals surface area contributed by atoms with E-state index >= 15 is 0 Å². The van der Waals surface area contributed by atoms with Gasteiger partial charge in [0.25, 0.3) is 0 Å². The molecule has 1 aliphatic rings. The van der Waals surface area contributed by atoms with Gasteiger partial charge in [-0.15, -0.1) is 0 Å². The summed E-state index contributed by atoms with van der Waals surface area (Å²) in [5, 5.41) is 19.3. The first-order chi connectivity index (χ1) is 10.2. The molecule has 3 unspecified atom stereocenters. The van der Waals surface area contributed by atoms with Gasteiger partial charge < -0.3 is 14.9 Å². The summed E-state index contributed by atoms with van der Waals surface area (Å²) in [5.74, 6) is -0.351. The minimum absolute atomic E-state index is 0.161. The minimum atomic E-state index is -0.607. The molecule has 1 aliphatic carbocycles. The Hall–Kier alpha value is -0.870. The topological polar surface area (TPSA) is 66.8 Å². The number of ether oxygens (including phenoxy) is 1. The fourth-order valence-electron chi connectivity index (χ4n) is 3.63. The van der Waals surface area contributed by atoms with Crippen molar-refractivity contribution in [3.63, 3.8) is 0 Å². The average molecular weight is 312 g/mol. The lowest BCUT2D eigenvalue weighted by Gasteiger charge is -2.44. The smallest absolute Gasteiger partial charge is 0.309 e. The van der Waals surface area contributed by atoms with Gasteiger partial charge in [-0.25, -0.2) is 0 Å². The molecule has 1 saturated carbocycles. The third-order valence-electron chi connectivity index (χ3n) is 5.70. The molecule has 3 atom stereocenters. The molecule has 2 N–H and O–H groups in total. The standard InChI is InChI=1S/C18H32O4/c1-13(2)15(20)18(5)10-9-14(17(18,3)4)16(21)22-12-8-6-7-11-19/h14-15,19-20H,1,6-12H2,2-5H3. The molecule has 4 nitrogen and oxygen atoms in total. The lowest BCUT2D eigenvalue weighted by atomic mass is 9.62. The van der Waals surface area contributed by atoms with Gasteiger partial charge in [-0.3, -0.25) is 4.79 Å². The molecule has 0 amide bonds. The highest BCUT2D eigenvalue weighted by Crippen LogP contribution is 2.58. The van der Waals surface area contributed by atoms with E-state index in [-0.39, 0.29) is 29.3 Å². The Morgan fingerprint density at radius 2 is 1.95 bits per heavy atom. The highest BCUT2D eigenvalue weighted by Gasteiger charge is 2.57. The van der Waals surface area contributed by atoms with Crippen molar-refractivity contribution in [1.82, 2.24) is 0 Å². The number of unbranched alkanes of at least 4 members (excludes halogenated alkanes) is 2. The second-order valence-electron chi connectivity index (χ2n) is 7.43. The highest BCUT2D eigenvalue weighted by molar-refractivity contribution is 5.74. The van der Waals surface area contributed by atoms with Crippen molar-refractivity contribution in [1.29, 1.82) is 0 Å². The van der Waals surface area contributed by atoms with E-state index in [4.69, 9.17) is 9.84 Å². The molecule has 1 rings (SSSR count). The zero-order valence-corrected chi connectivity index (χ0v) is 14.5. The minimum Gasteiger partial charge on any atom is -0.465 e. The third-order valence-corrected chi connectivity index (χ3v) is 5.70. The van der Waals surface area contributed by atoms with Gasteiger partial charge in [0.2, 0.25) is 0 Å². The van der Waals surface area contributed by atoms with Crippen LogP contribution in [0.3, 0.4) is 0 Å². The summed E-state index contributed by atoms with van der Waals surface area (Å²) in [7, 11) is 0. The van der Waals surface area contributed by atoms with Gasteiger partial charge in [0.1, 0.15) is 0 Å². The Morgan fingerprint density at radius 1 is 1.32 bits per heavy atom. The molecule has 0 aromatic rings. The van der Waals surface area contributed by atoms with Crippen LogP contribution < -0.4 is 0 Å². The summed E-state index contributed by atoms with van der Waals surface area (Å²) in [6.07, 6.45) is 3.32. The van der Waals surface area contributed by atoms with Crippen molar-refractivity contribution < 1.29 is 19.7 Å². The summed E-state index contributed by atoms with van der Waals surface area (Å²) >= 11 is 0. The zero-order chi connectivity index (χ0) is 17.0. The molecule has 0 saturated heterocycles. The van der Waals surface area contributed by atoms with Crippen LogP contribution in [0.4, 0.5) is 0 Å². The molecule has 0 spiro atoms. The van der Waals surface area contributed by atoms with Crippen LogP contribution in [0.2, 0.25) is 0 Å². The van der Waals surface area contributed by atoms with E-state index in [1.165, 1.54) is 0 Å². The number of rotatable bonds is 8. The molecule has 0 aromatic carbocycles. The number of hydrogen-bond donors (Lipinski definition) is 2. The Balaban J connectivity index is 2.66. The monoisotopic (exact) mass is 312 g/mol. The second kappa shape index (κ2) is 7.60. The van der Waals surface area contributed by atoms with Crippen molar-refractivity contribution in [2.75, 3.05) is 13.2 Å². The fraction of sp³-hybridized carbons (Fsp3) is 0.833. The van der Waals surface area contributed by atoms with Crippen LogP contribution in [0, 0.1) is 16.7 Å². The predicted octanol–water partition coefficient (Wildman–Crippen LogP) is 3.07. The van der Waals surface area contributed by atoms with Gasteiger partial charge in [0.15, 0.2) is 0 Å². The maximum atomic E-state index is 12.4. The summed E-state index contributed by atoms with van der Waals surface area (Å²) < 4.78 is 5.42. The molecule has 0 radical (unpaired) electrons. The van der Waals surface area contributed by atoms with Crippen molar-refractivity contribution in [2.24, 2.45) is 16.7 Å². The molecule has 0 aromatic heterocycles. The zero-order valence-electron chi connectivity index (χ0n) is 14.5. The molecule has 0 bridgehead atoms. The van der Waals surface area contributed by atoms with E-state index in [9.17, 15) is 9.90 Å². The normalized spacial score (nSPS) is 28.4. The molecule has 0 heterocycles. The SMILES string of the molecule is C=C(C)C(O)C1(C)CCC(C(=O)OCCCCCO)C1(C)C. The Labute approximate surface area is 134 Å². The number of aliphatic hydroxyl groups excluding tert-OH is 2. The molecule has 22 heavy (non-hydrogen) atoms. The fourth-order valence-corrected chi connectivity index (χ4v) is 3.63. The first-order valence-corrected chi connectivity index (χ1v) is 8.29. The van der Waals surface area contributed by atoms with Crippen molar-refractivity contribution in [3.8, 4) is 0 Å². The van der Waals surface area contributed by atoms with E-state index in [2.05, 4.69) is 6.58 Å². The summed E-state index contributed by atoms with van der Waals surface area (Å²) in [5.41, 5.74) is 0.0426. The van der Waals surface area contributed by atoms with Crippen LogP contribution in [-0.4, -0.2) is 35.5 Å². The van der Waals surface area contributed by atoms with Crippen LogP contribution in [0.25, 0.3) is 0 Å². The van der Waals surface area contributed by atoms with Crippen LogP contribution in [0.5, 0.6) is 0 Å². The lowest BCUT2D eigenvalue weighted by Crippen LogP contribution is -2.45. The van der Waals surface area contributed by atoms with Crippen LogP contribution >= 0.6 is 0 Å². The quantitative estimate of drug-likeness (QED) is 0.411. The summed E-state index contributed by atoms with van der Waals surface area (Å²) in [6.45, 7) is 12.4. The van der Waals surface area contributed by atoms with Gasteiger partial charge in [-0.1, -0.05) is 32.9 Å². The molecule has 4 heteroatoms. The molecular formula is C18H32O4. The van der Waals surface area contributed by atoms with Gasteiger partial charge in [0.05, 0.1) is 18.6 Å². The number of aliphatic hydroxyl groups is 2. The second-order valence-corrected chi connectivity index (χ2v) is 7.43. The number of carbonyl (C=O) groups excluding carboxylic acids is 1. The van der Waals surface area contributed by atoms with Crippen molar-refractivity contribution in [2.45, 2.75) is 65.9 Å². The maximum absolute atomic E-state index is 12.4. The third kappa shape index (κ3) is 3.72. The molecular weight excluding hydrogens is 280 g/mol. The summed E-state index contributed by atoms with van der Waals surface area (Å²) in [6, 6.07) is 0. The van der Waals surface area contributed by atoms with Crippen LogP contribution in [-0.2, 0) is 9.53 Å². The molecule has 128 valence electrons. The largest absolute Gasteiger partial charge is 0.465 e. The van der Waals surface area contributed by atoms with Gasteiger partial charge in [-0.05, 0) is 44.4 Å². The van der Waals surface area contributed by atoms with Gasteiger partial charge >= 0.3 is 5.97 Å². The van der Waals surface area contributed by atoms with Gasteiger partial charge in [0, 0.05) is 12.0 Å². The van der Waals surface area contributed by atoms with E-state index < -0.39 is 6.10 Å². The average Bonchev–Trinajstić information content (AvgIpc) is 2.69. The highest BCUT2D eigenvalue weighted by atomic mass is 16.5. The lowest BCUT2D eigenvalue weighted by molar-refractivity contribution is -0.154. The summed E-state index contributed by atoms with van der Waals surface area (Å²) in [4.78, 5) is 12.4. The Bertz CT molecular complexity index is 402. The van der Waals surface area contributed by atoms with Crippen LogP contribution in [0.1, 0.15) is 59.8 Å². The van der Waals surface area contributed by atoms with Gasteiger partial charge in [-0.2, -0.15) is 0 Å². The first-order valence-electron chi connectivity index (χ1n) is 8.29. The Morgan fingerprint density at radius 3 is 2.50 bits per heavy atom. The van der Waals surface area contributed by atoms with Crippen LogP contribution in [0.15, 0.2) is 12.2 Å². The predicted molar refractivity (Wildman–Crippen MR) is 87.3 cm³/mol. The van der Waals surface area contributed by atoms with Crippen molar-refractivity contribution >= 4 is 5.97 Å². The van der Waals surface area contributed by atoms with E-state index in [1.807, 2.05) is 27.7 Å². The number of esters is 1. The van der Waals surface area contributed by atoms with E-state index in [1.54, 1.807) is 0 Å². The Kier molecular flexibility index (Phi) is 6.63. The first kappa shape index (κ1) is 19.2. The van der Waals surface area contributed by atoms with Crippen molar-refractivity contribution in [3.05, 3.63) is 12.2 Å². The number of carbonyl (C=O) groups is 1. The molecule has 1 fully saturated rings. The maximum Gasteiger partial charge on any atom is 0.309 e. The van der Waals surface area contributed by atoms with E-state index in [0.717, 1.165) is 37.7 Å².